The highest BCUT2D eigenvalue weighted by Crippen LogP contribution is 2.30. The van der Waals surface area contributed by atoms with Crippen LogP contribution in [0.1, 0.15) is 11.1 Å². The van der Waals surface area contributed by atoms with E-state index in [9.17, 15) is 4.79 Å². The molecule has 0 atom stereocenters. The molecule has 1 aliphatic heterocycles. The second kappa shape index (κ2) is 8.02. The number of esters is 1. The fraction of sp³-hybridized carbons (Fsp3) is 0.0833. The van der Waals surface area contributed by atoms with Crippen molar-refractivity contribution in [2.75, 3.05) is 13.7 Å². The van der Waals surface area contributed by atoms with Crippen molar-refractivity contribution in [2.45, 2.75) is 0 Å². The summed E-state index contributed by atoms with van der Waals surface area (Å²) in [6.45, 7) is 4.01. The number of carbonyl (C=O) groups is 1. The Morgan fingerprint density at radius 3 is 2.72 bits per heavy atom. The molecule has 5 nitrogen and oxygen atoms in total. The first kappa shape index (κ1) is 18.5. The molecule has 0 N–H and O–H groups in total. The van der Waals surface area contributed by atoms with E-state index in [0.29, 0.717) is 24.0 Å². The van der Waals surface area contributed by atoms with Gasteiger partial charge in [0.1, 0.15) is 6.61 Å². The quantitative estimate of drug-likeness (QED) is 0.349. The smallest absolute Gasteiger partial charge is 0.363 e. The van der Waals surface area contributed by atoms with Crippen molar-refractivity contribution in [3.8, 4) is 11.5 Å². The number of aliphatic imine (C=N–C) groups is 1. The van der Waals surface area contributed by atoms with E-state index in [2.05, 4.69) is 11.6 Å². The molecule has 0 unspecified atom stereocenters. The van der Waals surface area contributed by atoms with E-state index in [-0.39, 0.29) is 5.70 Å². The molecular weight excluding hydrogens is 366 g/mol. The zero-order valence-corrected chi connectivity index (χ0v) is 15.9. The first-order valence-electron chi connectivity index (χ1n) is 9.12. The lowest BCUT2D eigenvalue weighted by Crippen LogP contribution is -2.05. The highest BCUT2D eigenvalue weighted by atomic mass is 16.6. The maximum absolute atomic E-state index is 12.4. The number of cyclic esters (lactones) is 1. The predicted molar refractivity (Wildman–Crippen MR) is 113 cm³/mol. The molecule has 4 rings (SSSR count). The predicted octanol–water partition coefficient (Wildman–Crippen LogP) is 4.76. The number of benzene rings is 3. The highest BCUT2D eigenvalue weighted by molar-refractivity contribution is 6.17. The van der Waals surface area contributed by atoms with Gasteiger partial charge in [-0.1, -0.05) is 55.1 Å². The third kappa shape index (κ3) is 3.75. The Balaban J connectivity index is 1.68. The van der Waals surface area contributed by atoms with Gasteiger partial charge in [0.05, 0.1) is 7.11 Å². The summed E-state index contributed by atoms with van der Waals surface area (Å²) in [5, 5.41) is 2.04. The van der Waals surface area contributed by atoms with Crippen molar-refractivity contribution < 1.29 is 19.0 Å². The fourth-order valence-electron chi connectivity index (χ4n) is 3.14. The van der Waals surface area contributed by atoms with E-state index in [1.807, 2.05) is 48.5 Å². The molecule has 0 radical (unpaired) electrons. The van der Waals surface area contributed by atoms with Crippen LogP contribution in [0.5, 0.6) is 11.5 Å². The van der Waals surface area contributed by atoms with E-state index in [4.69, 9.17) is 14.2 Å². The van der Waals surface area contributed by atoms with E-state index in [1.165, 1.54) is 0 Å². The minimum absolute atomic E-state index is 0.231. The van der Waals surface area contributed by atoms with Crippen LogP contribution in [0.4, 0.5) is 0 Å². The highest BCUT2D eigenvalue weighted by Gasteiger charge is 2.25. The van der Waals surface area contributed by atoms with Crippen LogP contribution in [0.2, 0.25) is 0 Å². The summed E-state index contributed by atoms with van der Waals surface area (Å²) in [5.41, 5.74) is 1.77. The van der Waals surface area contributed by atoms with Gasteiger partial charge < -0.3 is 14.2 Å². The number of hydrogen-bond donors (Lipinski definition) is 0. The van der Waals surface area contributed by atoms with E-state index < -0.39 is 5.97 Å². The van der Waals surface area contributed by atoms with Crippen LogP contribution in [0.25, 0.3) is 16.8 Å². The minimum Gasteiger partial charge on any atom is -0.493 e. The molecule has 0 aromatic heterocycles. The van der Waals surface area contributed by atoms with Gasteiger partial charge in [0.2, 0.25) is 5.90 Å². The van der Waals surface area contributed by atoms with Gasteiger partial charge >= 0.3 is 5.97 Å². The second-order valence-corrected chi connectivity index (χ2v) is 6.37. The van der Waals surface area contributed by atoms with Crippen LogP contribution in [-0.2, 0) is 9.53 Å². The zero-order valence-electron chi connectivity index (χ0n) is 15.9. The first-order valence-corrected chi connectivity index (χ1v) is 9.12. The van der Waals surface area contributed by atoms with Gasteiger partial charge in [-0.3, -0.25) is 0 Å². The fourth-order valence-corrected chi connectivity index (χ4v) is 3.14. The van der Waals surface area contributed by atoms with E-state index in [0.717, 1.165) is 21.9 Å². The third-order valence-corrected chi connectivity index (χ3v) is 4.49. The lowest BCUT2D eigenvalue weighted by Gasteiger charge is -2.09. The molecule has 0 spiro atoms. The van der Waals surface area contributed by atoms with Gasteiger partial charge in [0.15, 0.2) is 17.2 Å². The van der Waals surface area contributed by atoms with Gasteiger partial charge in [-0.25, -0.2) is 9.79 Å². The maximum Gasteiger partial charge on any atom is 0.363 e. The van der Waals surface area contributed by atoms with E-state index in [1.54, 1.807) is 31.4 Å². The average molecular weight is 385 g/mol. The Morgan fingerprint density at radius 1 is 1.07 bits per heavy atom. The third-order valence-electron chi connectivity index (χ3n) is 4.49. The second-order valence-electron chi connectivity index (χ2n) is 6.37. The number of fused-ring (bicyclic) bond motifs is 1. The summed E-state index contributed by atoms with van der Waals surface area (Å²) in [6.07, 6.45) is 3.33. The van der Waals surface area contributed by atoms with Gasteiger partial charge in [-0.2, -0.15) is 0 Å². The molecule has 1 heterocycles. The molecule has 29 heavy (non-hydrogen) atoms. The lowest BCUT2D eigenvalue weighted by molar-refractivity contribution is -0.129. The zero-order chi connectivity index (χ0) is 20.2. The number of methoxy groups -OCH3 is 1. The molecule has 0 fully saturated rings. The number of carbonyl (C=O) groups excluding carboxylic acids is 1. The molecule has 144 valence electrons. The van der Waals surface area contributed by atoms with Crippen molar-refractivity contribution >= 4 is 28.7 Å². The van der Waals surface area contributed by atoms with Crippen LogP contribution in [0.15, 0.2) is 84.0 Å². The molecule has 1 aliphatic rings. The Hall–Kier alpha value is -3.86. The van der Waals surface area contributed by atoms with Gasteiger partial charge in [0, 0.05) is 5.56 Å². The number of hydrogen-bond acceptors (Lipinski definition) is 5. The molecule has 0 amide bonds. The van der Waals surface area contributed by atoms with Crippen molar-refractivity contribution in [3.05, 3.63) is 90.1 Å². The molecule has 0 saturated carbocycles. The molecular formula is C24H19NO4. The van der Waals surface area contributed by atoms with E-state index >= 15 is 0 Å². The monoisotopic (exact) mass is 385 g/mol. The molecule has 0 aliphatic carbocycles. The van der Waals surface area contributed by atoms with Crippen molar-refractivity contribution in [1.29, 1.82) is 0 Å². The Kier molecular flexibility index (Phi) is 5.12. The molecule has 0 saturated heterocycles. The summed E-state index contributed by atoms with van der Waals surface area (Å²) in [5.74, 6) is 0.976. The lowest BCUT2D eigenvalue weighted by atomic mass is 10.0. The maximum atomic E-state index is 12.4. The first-order chi connectivity index (χ1) is 14.2. The summed E-state index contributed by atoms with van der Waals surface area (Å²) in [6, 6.07) is 19.1. The topological polar surface area (TPSA) is 57.1 Å². The average Bonchev–Trinajstić information content (AvgIpc) is 3.12. The van der Waals surface area contributed by atoms with Gasteiger partial charge in [0.25, 0.3) is 0 Å². The molecule has 3 aromatic carbocycles. The van der Waals surface area contributed by atoms with Crippen LogP contribution in [0.3, 0.4) is 0 Å². The van der Waals surface area contributed by atoms with Crippen LogP contribution in [0, 0.1) is 0 Å². The summed E-state index contributed by atoms with van der Waals surface area (Å²) < 4.78 is 16.4. The molecule has 5 heteroatoms. The largest absolute Gasteiger partial charge is 0.493 e. The van der Waals surface area contributed by atoms with Gasteiger partial charge in [-0.05, 0) is 40.6 Å². The summed E-state index contributed by atoms with van der Waals surface area (Å²) >= 11 is 0. The summed E-state index contributed by atoms with van der Waals surface area (Å²) in [7, 11) is 1.56. The van der Waals surface area contributed by atoms with Crippen LogP contribution in [-0.4, -0.2) is 25.6 Å². The number of ether oxygens (including phenoxy) is 3. The van der Waals surface area contributed by atoms with Crippen molar-refractivity contribution in [3.63, 3.8) is 0 Å². The number of nitrogens with zero attached hydrogens (tertiary/aromatic N) is 1. The van der Waals surface area contributed by atoms with Crippen LogP contribution >= 0.6 is 0 Å². The SMILES string of the molecule is C=CCOc1ccc(/C=C2\N=C(c3cccc4ccccc34)OC2=O)cc1OC. The van der Waals surface area contributed by atoms with Gasteiger partial charge in [-0.15, -0.1) is 0 Å². The summed E-state index contributed by atoms with van der Waals surface area (Å²) in [4.78, 5) is 16.8. The molecule has 0 bridgehead atoms. The van der Waals surface area contributed by atoms with Crippen molar-refractivity contribution in [1.82, 2.24) is 0 Å². The van der Waals surface area contributed by atoms with Crippen molar-refractivity contribution in [2.24, 2.45) is 4.99 Å². The number of rotatable bonds is 6. The minimum atomic E-state index is -0.487. The Bertz CT molecular complexity index is 1160. The normalized spacial score (nSPS) is 14.6. The standard InChI is InChI=1S/C24H19NO4/c1-3-13-28-21-12-11-16(15-22(21)27-2)14-20-24(26)29-23(25-20)19-10-6-8-17-7-4-5-9-18(17)19/h3-12,14-15H,1,13H2,2H3/b20-14-. The Morgan fingerprint density at radius 2 is 1.90 bits per heavy atom. The van der Waals surface area contributed by atoms with Crippen LogP contribution < -0.4 is 9.47 Å². The Labute approximate surface area is 168 Å². The molecule has 3 aromatic rings.